The van der Waals surface area contributed by atoms with Crippen molar-refractivity contribution in [1.29, 1.82) is 0 Å². The predicted octanol–water partition coefficient (Wildman–Crippen LogP) is 1.45. The summed E-state index contributed by atoms with van der Waals surface area (Å²) in [7, 11) is 0. The first-order valence-electron chi connectivity index (χ1n) is 6.39. The van der Waals surface area contributed by atoms with Crippen molar-refractivity contribution in [2.45, 2.75) is 40.3 Å². The van der Waals surface area contributed by atoms with Crippen molar-refractivity contribution >= 4 is 0 Å². The van der Waals surface area contributed by atoms with Crippen molar-refractivity contribution in [2.24, 2.45) is 5.92 Å². The fourth-order valence-corrected chi connectivity index (χ4v) is 1.48. The van der Waals surface area contributed by atoms with Gasteiger partial charge < -0.3 is 10.1 Å². The standard InChI is InChI=1S/C12H24N4O/c1-4-6-17-7-5-16-12(14-10-15-16)9-13-8-11(2)3/h10-11,13H,4-9H2,1-3H3. The van der Waals surface area contributed by atoms with Crippen LogP contribution < -0.4 is 5.32 Å². The molecule has 0 unspecified atom stereocenters. The monoisotopic (exact) mass is 240 g/mol. The van der Waals surface area contributed by atoms with Gasteiger partial charge in [0.15, 0.2) is 0 Å². The molecule has 0 spiro atoms. The van der Waals surface area contributed by atoms with Crippen LogP contribution in [0, 0.1) is 5.92 Å². The van der Waals surface area contributed by atoms with Crippen LogP contribution in [0.4, 0.5) is 0 Å². The fourth-order valence-electron chi connectivity index (χ4n) is 1.48. The summed E-state index contributed by atoms with van der Waals surface area (Å²) in [6, 6.07) is 0. The lowest BCUT2D eigenvalue weighted by atomic mass is 10.2. The quantitative estimate of drug-likeness (QED) is 0.664. The summed E-state index contributed by atoms with van der Waals surface area (Å²) >= 11 is 0. The van der Waals surface area contributed by atoms with Crippen LogP contribution in [0.2, 0.25) is 0 Å². The van der Waals surface area contributed by atoms with Crippen molar-refractivity contribution in [2.75, 3.05) is 19.8 Å². The van der Waals surface area contributed by atoms with E-state index < -0.39 is 0 Å². The Balaban J connectivity index is 2.27. The summed E-state index contributed by atoms with van der Waals surface area (Å²) in [6.07, 6.45) is 2.66. The van der Waals surface area contributed by atoms with Gasteiger partial charge in [0.2, 0.25) is 0 Å². The van der Waals surface area contributed by atoms with Crippen LogP contribution in [-0.4, -0.2) is 34.5 Å². The van der Waals surface area contributed by atoms with E-state index in [9.17, 15) is 0 Å². The molecule has 5 nitrogen and oxygen atoms in total. The molecule has 0 radical (unpaired) electrons. The Morgan fingerprint density at radius 3 is 2.94 bits per heavy atom. The Morgan fingerprint density at radius 1 is 1.41 bits per heavy atom. The molecule has 0 bridgehead atoms. The number of nitrogens with one attached hydrogen (secondary N) is 1. The van der Waals surface area contributed by atoms with Crippen LogP contribution in [0.3, 0.4) is 0 Å². The van der Waals surface area contributed by atoms with Crippen LogP contribution in [0.25, 0.3) is 0 Å². The maximum Gasteiger partial charge on any atom is 0.140 e. The lowest BCUT2D eigenvalue weighted by molar-refractivity contribution is 0.123. The minimum atomic E-state index is 0.652. The molecule has 0 aliphatic carbocycles. The van der Waals surface area contributed by atoms with Gasteiger partial charge in [-0.15, -0.1) is 0 Å². The molecule has 0 aliphatic heterocycles. The van der Waals surface area contributed by atoms with Crippen LogP contribution in [0.5, 0.6) is 0 Å². The highest BCUT2D eigenvalue weighted by atomic mass is 16.5. The molecule has 5 heteroatoms. The number of rotatable bonds is 9. The van der Waals surface area contributed by atoms with Crippen molar-refractivity contribution in [1.82, 2.24) is 20.1 Å². The van der Waals surface area contributed by atoms with E-state index in [2.05, 4.69) is 36.2 Å². The van der Waals surface area contributed by atoms with Crippen LogP contribution in [0.15, 0.2) is 6.33 Å². The molecule has 0 saturated carbocycles. The van der Waals surface area contributed by atoms with E-state index in [-0.39, 0.29) is 0 Å². The second kappa shape index (κ2) is 8.20. The zero-order chi connectivity index (χ0) is 12.5. The van der Waals surface area contributed by atoms with Gasteiger partial charge in [-0.25, -0.2) is 9.67 Å². The van der Waals surface area contributed by atoms with Crippen LogP contribution in [-0.2, 0) is 17.8 Å². The van der Waals surface area contributed by atoms with Gasteiger partial charge >= 0.3 is 0 Å². The Hall–Kier alpha value is -0.940. The molecule has 1 N–H and O–H groups in total. The number of hydrogen-bond acceptors (Lipinski definition) is 4. The second-order valence-electron chi connectivity index (χ2n) is 4.54. The molecule has 1 rings (SSSR count). The van der Waals surface area contributed by atoms with E-state index >= 15 is 0 Å². The number of ether oxygens (including phenoxy) is 1. The van der Waals surface area contributed by atoms with Crippen LogP contribution >= 0.6 is 0 Å². The molecular weight excluding hydrogens is 216 g/mol. The highest BCUT2D eigenvalue weighted by Crippen LogP contribution is 1.96. The summed E-state index contributed by atoms with van der Waals surface area (Å²) in [4.78, 5) is 4.25. The molecule has 1 aromatic rings. The normalized spacial score (nSPS) is 11.3. The summed E-state index contributed by atoms with van der Waals surface area (Å²) in [5.74, 6) is 1.63. The largest absolute Gasteiger partial charge is 0.380 e. The molecule has 0 atom stereocenters. The number of nitrogens with zero attached hydrogens (tertiary/aromatic N) is 3. The van der Waals surface area contributed by atoms with Gasteiger partial charge in [-0.1, -0.05) is 20.8 Å². The Labute approximate surface area is 104 Å². The van der Waals surface area contributed by atoms with E-state index in [4.69, 9.17) is 4.74 Å². The average molecular weight is 240 g/mol. The summed E-state index contributed by atoms with van der Waals surface area (Å²) in [6.45, 7) is 10.6. The summed E-state index contributed by atoms with van der Waals surface area (Å²) in [5.41, 5.74) is 0. The third-order valence-electron chi connectivity index (χ3n) is 2.33. The second-order valence-corrected chi connectivity index (χ2v) is 4.54. The highest BCUT2D eigenvalue weighted by molar-refractivity contribution is 4.83. The van der Waals surface area contributed by atoms with Gasteiger partial charge in [0.1, 0.15) is 12.2 Å². The lowest BCUT2D eigenvalue weighted by Crippen LogP contribution is -2.22. The molecule has 98 valence electrons. The average Bonchev–Trinajstić information content (AvgIpc) is 2.72. The van der Waals surface area contributed by atoms with E-state index in [1.165, 1.54) is 0 Å². The molecule has 0 amide bonds. The maximum atomic E-state index is 5.44. The molecule has 0 saturated heterocycles. The molecule has 1 aromatic heterocycles. The van der Waals surface area contributed by atoms with Gasteiger partial charge in [0, 0.05) is 6.61 Å². The first-order chi connectivity index (χ1) is 8.24. The smallest absolute Gasteiger partial charge is 0.140 e. The highest BCUT2D eigenvalue weighted by Gasteiger charge is 2.03. The van der Waals surface area contributed by atoms with Crippen LogP contribution in [0.1, 0.15) is 33.0 Å². The Morgan fingerprint density at radius 2 is 2.24 bits per heavy atom. The lowest BCUT2D eigenvalue weighted by Gasteiger charge is -2.09. The topological polar surface area (TPSA) is 52.0 Å². The van der Waals surface area contributed by atoms with Crippen molar-refractivity contribution in [3.8, 4) is 0 Å². The molecule has 0 fully saturated rings. The zero-order valence-corrected chi connectivity index (χ0v) is 11.1. The minimum absolute atomic E-state index is 0.652. The van der Waals surface area contributed by atoms with E-state index in [0.717, 1.165) is 38.5 Å². The predicted molar refractivity (Wildman–Crippen MR) is 67.7 cm³/mol. The van der Waals surface area contributed by atoms with Crippen molar-refractivity contribution < 1.29 is 4.74 Å². The summed E-state index contributed by atoms with van der Waals surface area (Å²) in [5, 5.41) is 7.56. The molecule has 0 aromatic carbocycles. The Bertz CT molecular complexity index is 298. The van der Waals surface area contributed by atoms with Gasteiger partial charge in [0.05, 0.1) is 19.7 Å². The first kappa shape index (κ1) is 14.1. The van der Waals surface area contributed by atoms with E-state index in [1.54, 1.807) is 6.33 Å². The van der Waals surface area contributed by atoms with E-state index in [1.807, 2.05) is 4.68 Å². The van der Waals surface area contributed by atoms with Crippen molar-refractivity contribution in [3.05, 3.63) is 12.2 Å². The number of hydrogen-bond donors (Lipinski definition) is 1. The molecule has 17 heavy (non-hydrogen) atoms. The molecule has 1 heterocycles. The van der Waals surface area contributed by atoms with Gasteiger partial charge in [-0.3, -0.25) is 0 Å². The number of aromatic nitrogens is 3. The van der Waals surface area contributed by atoms with Gasteiger partial charge in [-0.2, -0.15) is 5.10 Å². The third kappa shape index (κ3) is 5.79. The van der Waals surface area contributed by atoms with Gasteiger partial charge in [0.25, 0.3) is 0 Å². The Kier molecular flexibility index (Phi) is 6.81. The fraction of sp³-hybridized carbons (Fsp3) is 0.833. The SMILES string of the molecule is CCCOCCn1ncnc1CNCC(C)C. The van der Waals surface area contributed by atoms with Gasteiger partial charge in [-0.05, 0) is 18.9 Å². The molecular formula is C12H24N4O. The van der Waals surface area contributed by atoms with E-state index in [0.29, 0.717) is 12.5 Å². The third-order valence-corrected chi connectivity index (χ3v) is 2.33. The maximum absolute atomic E-state index is 5.44. The first-order valence-corrected chi connectivity index (χ1v) is 6.39. The molecule has 0 aliphatic rings. The minimum Gasteiger partial charge on any atom is -0.380 e. The van der Waals surface area contributed by atoms with Crippen molar-refractivity contribution in [3.63, 3.8) is 0 Å². The zero-order valence-electron chi connectivity index (χ0n) is 11.1. The summed E-state index contributed by atoms with van der Waals surface area (Å²) < 4.78 is 7.35.